The van der Waals surface area contributed by atoms with Gasteiger partial charge in [0.25, 0.3) is 11.8 Å². The Morgan fingerprint density at radius 1 is 1.26 bits per heavy atom. The molecule has 7 nitrogen and oxygen atoms in total. The zero-order valence-corrected chi connectivity index (χ0v) is 10.5. The lowest BCUT2D eigenvalue weighted by Gasteiger charge is -2.30. The first-order chi connectivity index (χ1) is 9.10. The first-order valence-corrected chi connectivity index (χ1v) is 6.31. The predicted octanol–water partition coefficient (Wildman–Crippen LogP) is 0.0701. The normalized spacial score (nSPS) is 26.7. The highest BCUT2D eigenvalue weighted by Gasteiger charge is 2.30. The average Bonchev–Trinajstić information content (AvgIpc) is 2.72. The molecule has 0 unspecified atom stereocenters. The second-order valence-corrected chi connectivity index (χ2v) is 4.81. The molecule has 0 radical (unpaired) electrons. The molecule has 0 aromatic carbocycles. The number of hydrogen-bond donors (Lipinski definition) is 2. The zero-order chi connectivity index (χ0) is 13.8. The van der Waals surface area contributed by atoms with Gasteiger partial charge in [-0.05, 0) is 31.6 Å². The van der Waals surface area contributed by atoms with E-state index in [0.717, 1.165) is 25.7 Å². The van der Waals surface area contributed by atoms with Gasteiger partial charge in [0.05, 0.1) is 0 Å². The van der Waals surface area contributed by atoms with E-state index in [-0.39, 0.29) is 23.8 Å². The third kappa shape index (κ3) is 3.31. The van der Waals surface area contributed by atoms with Crippen LogP contribution in [0.2, 0.25) is 0 Å². The van der Waals surface area contributed by atoms with Gasteiger partial charge in [-0.2, -0.15) is 0 Å². The van der Waals surface area contributed by atoms with Gasteiger partial charge >= 0.3 is 6.09 Å². The minimum Gasteiger partial charge on any atom is -0.445 e. The maximum atomic E-state index is 11.4. The summed E-state index contributed by atoms with van der Waals surface area (Å²) < 4.78 is 5.07. The monoisotopic (exact) mass is 267 g/mol. The smallest absolute Gasteiger partial charge is 0.421 e. The molecule has 0 bridgehead atoms. The molecule has 1 aliphatic carbocycles. The van der Waals surface area contributed by atoms with Crippen molar-refractivity contribution >= 4 is 17.9 Å². The SMILES string of the molecule is NNC(=O)OC1CCC(CN2C(=O)C=CC2=O)CC1. The minimum atomic E-state index is -0.627. The molecule has 0 atom stereocenters. The van der Waals surface area contributed by atoms with E-state index in [2.05, 4.69) is 0 Å². The molecule has 2 rings (SSSR count). The summed E-state index contributed by atoms with van der Waals surface area (Å²) >= 11 is 0. The Balaban J connectivity index is 1.76. The maximum Gasteiger partial charge on any atom is 0.421 e. The molecule has 1 heterocycles. The summed E-state index contributed by atoms with van der Waals surface area (Å²) in [6.45, 7) is 0.445. The Morgan fingerprint density at radius 2 is 1.84 bits per heavy atom. The Kier molecular flexibility index (Phi) is 4.16. The number of rotatable bonds is 3. The third-order valence-corrected chi connectivity index (χ3v) is 3.53. The molecule has 3 N–H and O–H groups in total. The molecular weight excluding hydrogens is 250 g/mol. The van der Waals surface area contributed by atoms with Crippen LogP contribution in [0.4, 0.5) is 4.79 Å². The van der Waals surface area contributed by atoms with E-state index in [1.165, 1.54) is 17.1 Å². The van der Waals surface area contributed by atoms with Crippen LogP contribution in [0.3, 0.4) is 0 Å². The molecule has 3 amide bonds. The second-order valence-electron chi connectivity index (χ2n) is 4.81. The number of carbonyl (C=O) groups excluding carboxylic acids is 3. The largest absolute Gasteiger partial charge is 0.445 e. The fourth-order valence-corrected chi connectivity index (χ4v) is 2.49. The van der Waals surface area contributed by atoms with Crippen LogP contribution in [0.15, 0.2) is 12.2 Å². The van der Waals surface area contributed by atoms with Gasteiger partial charge in [0, 0.05) is 18.7 Å². The molecule has 1 saturated carbocycles. The fourth-order valence-electron chi connectivity index (χ4n) is 2.49. The zero-order valence-electron chi connectivity index (χ0n) is 10.5. The van der Waals surface area contributed by atoms with Crippen molar-refractivity contribution < 1.29 is 19.1 Å². The van der Waals surface area contributed by atoms with E-state index >= 15 is 0 Å². The summed E-state index contributed by atoms with van der Waals surface area (Å²) in [5, 5.41) is 0. The predicted molar refractivity (Wildman–Crippen MR) is 65.4 cm³/mol. The Labute approximate surface area is 110 Å². The van der Waals surface area contributed by atoms with Gasteiger partial charge in [0.1, 0.15) is 6.10 Å². The summed E-state index contributed by atoms with van der Waals surface area (Å²) in [6, 6.07) is 0. The van der Waals surface area contributed by atoms with E-state index in [1.807, 2.05) is 5.43 Å². The lowest BCUT2D eigenvalue weighted by molar-refractivity contribution is -0.137. The molecule has 2 aliphatic rings. The van der Waals surface area contributed by atoms with E-state index in [1.54, 1.807) is 0 Å². The maximum absolute atomic E-state index is 11.4. The van der Waals surface area contributed by atoms with Gasteiger partial charge in [-0.25, -0.2) is 10.6 Å². The second kappa shape index (κ2) is 5.83. The number of imide groups is 1. The van der Waals surface area contributed by atoms with Crippen LogP contribution < -0.4 is 11.3 Å². The van der Waals surface area contributed by atoms with Crippen molar-refractivity contribution in [3.05, 3.63) is 12.2 Å². The van der Waals surface area contributed by atoms with Crippen molar-refractivity contribution in [1.29, 1.82) is 0 Å². The summed E-state index contributed by atoms with van der Waals surface area (Å²) in [4.78, 5) is 35.1. The molecule has 1 aliphatic heterocycles. The van der Waals surface area contributed by atoms with E-state index in [0.29, 0.717) is 6.54 Å². The first kappa shape index (κ1) is 13.5. The van der Waals surface area contributed by atoms with Crippen LogP contribution in [-0.2, 0) is 14.3 Å². The van der Waals surface area contributed by atoms with Crippen molar-refractivity contribution in [2.75, 3.05) is 6.54 Å². The van der Waals surface area contributed by atoms with Crippen LogP contribution in [0, 0.1) is 5.92 Å². The topological polar surface area (TPSA) is 102 Å². The van der Waals surface area contributed by atoms with Crippen molar-refractivity contribution in [3.8, 4) is 0 Å². The standard InChI is InChI=1S/C12H17N3O4/c13-14-12(18)19-9-3-1-8(2-4-9)7-15-10(16)5-6-11(15)17/h5-6,8-9H,1-4,7,13H2,(H,14,18). The molecular formula is C12H17N3O4. The highest BCUT2D eigenvalue weighted by molar-refractivity contribution is 6.12. The first-order valence-electron chi connectivity index (χ1n) is 6.31. The Hall–Kier alpha value is -1.89. The van der Waals surface area contributed by atoms with Crippen LogP contribution >= 0.6 is 0 Å². The number of nitrogens with zero attached hydrogens (tertiary/aromatic N) is 1. The molecule has 104 valence electrons. The molecule has 7 heteroatoms. The summed E-state index contributed by atoms with van der Waals surface area (Å²) in [7, 11) is 0. The van der Waals surface area contributed by atoms with Gasteiger partial charge in [0.2, 0.25) is 0 Å². The van der Waals surface area contributed by atoms with Gasteiger partial charge in [-0.1, -0.05) is 0 Å². The number of hydrazine groups is 1. The summed E-state index contributed by atoms with van der Waals surface area (Å²) in [5.74, 6) is 4.73. The van der Waals surface area contributed by atoms with Crippen molar-refractivity contribution in [2.45, 2.75) is 31.8 Å². The molecule has 19 heavy (non-hydrogen) atoms. The molecule has 0 aromatic rings. The number of carbonyl (C=O) groups is 3. The molecule has 0 aromatic heterocycles. The highest BCUT2D eigenvalue weighted by atomic mass is 16.6. The molecule has 1 fully saturated rings. The quantitative estimate of drug-likeness (QED) is 0.326. The summed E-state index contributed by atoms with van der Waals surface area (Å²) in [5.41, 5.74) is 1.93. The molecule has 0 spiro atoms. The minimum absolute atomic E-state index is 0.136. The van der Waals surface area contributed by atoms with Crippen LogP contribution in [0.1, 0.15) is 25.7 Å². The number of nitrogens with two attached hydrogens (primary N) is 1. The average molecular weight is 267 g/mol. The van der Waals surface area contributed by atoms with Crippen molar-refractivity contribution in [1.82, 2.24) is 10.3 Å². The Bertz CT molecular complexity index is 395. The van der Waals surface area contributed by atoms with Crippen LogP contribution in [0.25, 0.3) is 0 Å². The van der Waals surface area contributed by atoms with E-state index in [4.69, 9.17) is 10.6 Å². The van der Waals surface area contributed by atoms with Gasteiger partial charge in [-0.15, -0.1) is 0 Å². The molecule has 0 saturated heterocycles. The lowest BCUT2D eigenvalue weighted by atomic mass is 9.87. The van der Waals surface area contributed by atoms with Gasteiger partial charge in [-0.3, -0.25) is 19.9 Å². The van der Waals surface area contributed by atoms with E-state index < -0.39 is 6.09 Å². The fraction of sp³-hybridized carbons (Fsp3) is 0.583. The van der Waals surface area contributed by atoms with Crippen LogP contribution in [0.5, 0.6) is 0 Å². The van der Waals surface area contributed by atoms with Gasteiger partial charge < -0.3 is 4.74 Å². The number of ether oxygens (including phenoxy) is 1. The summed E-state index contributed by atoms with van der Waals surface area (Å²) in [6.07, 6.45) is 4.91. The van der Waals surface area contributed by atoms with Crippen molar-refractivity contribution in [2.24, 2.45) is 11.8 Å². The van der Waals surface area contributed by atoms with E-state index in [9.17, 15) is 14.4 Å². The third-order valence-electron chi connectivity index (χ3n) is 3.53. The highest BCUT2D eigenvalue weighted by Crippen LogP contribution is 2.27. The van der Waals surface area contributed by atoms with Crippen molar-refractivity contribution in [3.63, 3.8) is 0 Å². The number of hydrogen-bond acceptors (Lipinski definition) is 5. The van der Waals surface area contributed by atoms with Crippen LogP contribution in [-0.4, -0.2) is 35.5 Å². The number of nitrogens with one attached hydrogen (secondary N) is 1. The number of amides is 3. The lowest BCUT2D eigenvalue weighted by Crippen LogP contribution is -2.38. The van der Waals surface area contributed by atoms with Gasteiger partial charge in [0.15, 0.2) is 0 Å². The Morgan fingerprint density at radius 3 is 2.37 bits per heavy atom.